The summed E-state index contributed by atoms with van der Waals surface area (Å²) in [5, 5.41) is 3.54. The number of hydrogen-bond donors (Lipinski definition) is 1. The van der Waals surface area contributed by atoms with Crippen molar-refractivity contribution >= 4 is 11.6 Å². The zero-order valence-electron chi connectivity index (χ0n) is 8.33. The highest BCUT2D eigenvalue weighted by atomic mass is 35.5. The molecule has 0 aliphatic rings. The van der Waals surface area contributed by atoms with E-state index in [1.54, 1.807) is 6.20 Å². The van der Waals surface area contributed by atoms with E-state index in [2.05, 4.69) is 17.2 Å². The summed E-state index contributed by atoms with van der Waals surface area (Å²) in [6, 6.07) is 0. The van der Waals surface area contributed by atoms with Gasteiger partial charge in [-0.1, -0.05) is 18.5 Å². The minimum atomic E-state index is -0.252. The normalized spacial score (nSPS) is 12.8. The van der Waals surface area contributed by atoms with Crippen LogP contribution in [0, 0.1) is 5.92 Å². The SMILES string of the molecule is CNCC(C)Cn1cc(Cl)cnc1=O. The maximum Gasteiger partial charge on any atom is 0.347 e. The predicted octanol–water partition coefficient (Wildman–Crippen LogP) is 0.752. The van der Waals surface area contributed by atoms with Gasteiger partial charge in [-0.25, -0.2) is 9.78 Å². The molecule has 1 heterocycles. The molecule has 1 aromatic rings. The van der Waals surface area contributed by atoms with Gasteiger partial charge in [0.05, 0.1) is 11.2 Å². The first-order chi connectivity index (χ1) is 6.63. The van der Waals surface area contributed by atoms with E-state index >= 15 is 0 Å². The van der Waals surface area contributed by atoms with E-state index in [0.29, 0.717) is 17.5 Å². The molecule has 78 valence electrons. The number of hydrogen-bond acceptors (Lipinski definition) is 3. The van der Waals surface area contributed by atoms with Gasteiger partial charge in [-0.3, -0.25) is 4.57 Å². The number of aromatic nitrogens is 2. The van der Waals surface area contributed by atoms with Crippen molar-refractivity contribution in [3.8, 4) is 0 Å². The van der Waals surface area contributed by atoms with Crippen LogP contribution in [0.3, 0.4) is 0 Å². The van der Waals surface area contributed by atoms with E-state index in [9.17, 15) is 4.79 Å². The Bertz CT molecular complexity index is 350. The second-order valence-corrected chi connectivity index (χ2v) is 3.81. The van der Waals surface area contributed by atoms with Crippen molar-refractivity contribution in [2.24, 2.45) is 5.92 Å². The molecule has 0 radical (unpaired) electrons. The zero-order chi connectivity index (χ0) is 10.6. The highest BCUT2D eigenvalue weighted by molar-refractivity contribution is 6.30. The fourth-order valence-corrected chi connectivity index (χ4v) is 1.47. The molecule has 1 atom stereocenters. The van der Waals surface area contributed by atoms with Crippen LogP contribution in [0.2, 0.25) is 5.02 Å². The summed E-state index contributed by atoms with van der Waals surface area (Å²) in [7, 11) is 1.88. The first-order valence-corrected chi connectivity index (χ1v) is 4.88. The van der Waals surface area contributed by atoms with Gasteiger partial charge in [0.1, 0.15) is 0 Å². The predicted molar refractivity (Wildman–Crippen MR) is 56.6 cm³/mol. The third kappa shape index (κ3) is 3.12. The lowest BCUT2D eigenvalue weighted by Gasteiger charge is -2.12. The van der Waals surface area contributed by atoms with Gasteiger partial charge in [-0.2, -0.15) is 0 Å². The van der Waals surface area contributed by atoms with E-state index in [1.165, 1.54) is 10.8 Å². The minimum Gasteiger partial charge on any atom is -0.319 e. The molecule has 4 nitrogen and oxygen atoms in total. The van der Waals surface area contributed by atoms with Gasteiger partial charge >= 0.3 is 5.69 Å². The Balaban J connectivity index is 2.75. The molecule has 0 saturated heterocycles. The van der Waals surface area contributed by atoms with E-state index < -0.39 is 0 Å². The van der Waals surface area contributed by atoms with Crippen LogP contribution in [0.4, 0.5) is 0 Å². The summed E-state index contributed by atoms with van der Waals surface area (Å²) in [5.41, 5.74) is -0.252. The molecule has 0 aliphatic carbocycles. The van der Waals surface area contributed by atoms with Crippen LogP contribution in [0.1, 0.15) is 6.92 Å². The second kappa shape index (κ2) is 5.12. The molecule has 14 heavy (non-hydrogen) atoms. The fourth-order valence-electron chi connectivity index (χ4n) is 1.31. The number of halogens is 1. The average molecular weight is 216 g/mol. The smallest absolute Gasteiger partial charge is 0.319 e. The largest absolute Gasteiger partial charge is 0.347 e. The maximum absolute atomic E-state index is 11.3. The fraction of sp³-hybridized carbons (Fsp3) is 0.556. The summed E-state index contributed by atoms with van der Waals surface area (Å²) in [6.07, 6.45) is 2.98. The van der Waals surface area contributed by atoms with Gasteiger partial charge in [0.2, 0.25) is 0 Å². The Labute approximate surface area is 87.9 Å². The lowest BCUT2D eigenvalue weighted by atomic mass is 10.2. The van der Waals surface area contributed by atoms with Crippen LogP contribution in [0.15, 0.2) is 17.2 Å². The van der Waals surface area contributed by atoms with Gasteiger partial charge in [0.25, 0.3) is 0 Å². The van der Waals surface area contributed by atoms with E-state index in [-0.39, 0.29) is 5.69 Å². The molecule has 1 N–H and O–H groups in total. The number of nitrogens with zero attached hydrogens (tertiary/aromatic N) is 2. The molecule has 0 bridgehead atoms. The Morgan fingerprint density at radius 3 is 3.07 bits per heavy atom. The van der Waals surface area contributed by atoms with Gasteiger partial charge in [-0.15, -0.1) is 0 Å². The van der Waals surface area contributed by atoms with E-state index in [1.807, 2.05) is 7.05 Å². The average Bonchev–Trinajstić information content (AvgIpc) is 2.12. The Kier molecular flexibility index (Phi) is 4.10. The monoisotopic (exact) mass is 215 g/mol. The summed E-state index contributed by atoms with van der Waals surface area (Å²) < 4.78 is 1.53. The maximum atomic E-state index is 11.3. The van der Waals surface area contributed by atoms with Crippen molar-refractivity contribution in [3.05, 3.63) is 27.9 Å². The second-order valence-electron chi connectivity index (χ2n) is 3.37. The Morgan fingerprint density at radius 1 is 1.71 bits per heavy atom. The lowest BCUT2D eigenvalue weighted by molar-refractivity contribution is 0.449. The van der Waals surface area contributed by atoms with E-state index in [0.717, 1.165) is 6.54 Å². The highest BCUT2D eigenvalue weighted by Crippen LogP contribution is 2.03. The molecular weight excluding hydrogens is 202 g/mol. The molecule has 1 aromatic heterocycles. The number of rotatable bonds is 4. The molecule has 0 aromatic carbocycles. The van der Waals surface area contributed by atoms with Gasteiger partial charge in [0.15, 0.2) is 0 Å². The third-order valence-corrected chi connectivity index (χ3v) is 2.08. The van der Waals surface area contributed by atoms with Gasteiger partial charge in [0, 0.05) is 12.7 Å². The van der Waals surface area contributed by atoms with Crippen molar-refractivity contribution in [2.45, 2.75) is 13.5 Å². The van der Waals surface area contributed by atoms with Crippen LogP contribution in [0.5, 0.6) is 0 Å². The van der Waals surface area contributed by atoms with Gasteiger partial charge < -0.3 is 5.32 Å². The van der Waals surface area contributed by atoms with Crippen LogP contribution in [-0.4, -0.2) is 23.1 Å². The van der Waals surface area contributed by atoms with Crippen molar-refractivity contribution in [2.75, 3.05) is 13.6 Å². The molecule has 0 aliphatic heterocycles. The summed E-state index contributed by atoms with van der Waals surface area (Å²) in [4.78, 5) is 14.9. The lowest BCUT2D eigenvalue weighted by Crippen LogP contribution is -2.28. The highest BCUT2D eigenvalue weighted by Gasteiger charge is 2.04. The van der Waals surface area contributed by atoms with E-state index in [4.69, 9.17) is 11.6 Å². The van der Waals surface area contributed by atoms with Crippen molar-refractivity contribution in [1.82, 2.24) is 14.9 Å². The quantitative estimate of drug-likeness (QED) is 0.807. The molecule has 1 unspecified atom stereocenters. The summed E-state index contributed by atoms with van der Waals surface area (Å²) in [6.45, 7) is 3.55. The molecular formula is C9H14ClN3O. The minimum absolute atomic E-state index is 0.252. The Morgan fingerprint density at radius 2 is 2.43 bits per heavy atom. The molecule has 0 fully saturated rings. The number of nitrogens with one attached hydrogen (secondary N) is 1. The van der Waals surface area contributed by atoms with Crippen LogP contribution in [-0.2, 0) is 6.54 Å². The molecule has 0 spiro atoms. The molecule has 1 rings (SSSR count). The third-order valence-electron chi connectivity index (χ3n) is 1.88. The van der Waals surface area contributed by atoms with Crippen LogP contribution >= 0.6 is 11.6 Å². The molecule has 0 amide bonds. The van der Waals surface area contributed by atoms with Crippen molar-refractivity contribution < 1.29 is 0 Å². The topological polar surface area (TPSA) is 46.9 Å². The Hall–Kier alpha value is -0.870. The summed E-state index contributed by atoms with van der Waals surface area (Å²) >= 11 is 5.74. The summed E-state index contributed by atoms with van der Waals surface area (Å²) in [5.74, 6) is 0.373. The first kappa shape index (κ1) is 11.2. The van der Waals surface area contributed by atoms with Gasteiger partial charge in [-0.05, 0) is 19.5 Å². The standard InChI is InChI=1S/C9H14ClN3O/c1-7(3-11-2)5-13-6-8(10)4-12-9(13)14/h4,6-7,11H,3,5H2,1-2H3. The van der Waals surface area contributed by atoms with Crippen molar-refractivity contribution in [3.63, 3.8) is 0 Å². The van der Waals surface area contributed by atoms with Crippen LogP contribution < -0.4 is 11.0 Å². The molecule has 5 heteroatoms. The zero-order valence-corrected chi connectivity index (χ0v) is 9.08. The van der Waals surface area contributed by atoms with Crippen molar-refractivity contribution in [1.29, 1.82) is 0 Å². The molecule has 0 saturated carbocycles. The first-order valence-electron chi connectivity index (χ1n) is 4.50. The van der Waals surface area contributed by atoms with Crippen LogP contribution in [0.25, 0.3) is 0 Å².